The Kier molecular flexibility index (Phi) is 5.13. The summed E-state index contributed by atoms with van der Waals surface area (Å²) < 4.78 is 0. The van der Waals surface area contributed by atoms with Crippen LogP contribution in [0.2, 0.25) is 0 Å². The maximum atomic E-state index is 10.8. The van der Waals surface area contributed by atoms with Crippen molar-refractivity contribution in [2.45, 2.75) is 0 Å². The number of hydrogen-bond acceptors (Lipinski definition) is 10. The van der Waals surface area contributed by atoms with Gasteiger partial charge in [-0.15, -0.1) is 11.3 Å². The smallest absolute Gasteiger partial charge is 0.311 e. The second-order valence-corrected chi connectivity index (χ2v) is 6.23. The number of aromatic hydroxyl groups is 2. The summed E-state index contributed by atoms with van der Waals surface area (Å²) in [6, 6.07) is 7.75. The largest absolute Gasteiger partial charge is 0.507 e. The van der Waals surface area contributed by atoms with Gasteiger partial charge in [-0.05, 0) is 12.1 Å². The van der Waals surface area contributed by atoms with Crippen molar-refractivity contribution in [2.24, 2.45) is 5.10 Å². The first-order valence-corrected chi connectivity index (χ1v) is 8.43. The predicted molar refractivity (Wildman–Crippen MR) is 102 cm³/mol. The molecule has 0 bridgehead atoms. The molecular weight excluding hydrogens is 390 g/mol. The number of nitro benzene ring substituents is 2. The van der Waals surface area contributed by atoms with E-state index >= 15 is 0 Å². The number of rotatable bonds is 6. The Labute approximate surface area is 160 Å². The van der Waals surface area contributed by atoms with Crippen LogP contribution in [0.5, 0.6) is 11.5 Å². The SMILES string of the molecule is O=[N+]([O-])c1ccc(-c2csc(N/N=C/c3cc([N+](=O)[O-])c(O)cc3O)n2)cc1. The topological polar surface area (TPSA) is 164 Å². The lowest BCUT2D eigenvalue weighted by atomic mass is 10.1. The van der Waals surface area contributed by atoms with Crippen molar-refractivity contribution in [3.05, 3.63) is 67.6 Å². The van der Waals surface area contributed by atoms with E-state index in [1.165, 1.54) is 23.5 Å². The standard InChI is InChI=1S/C16H11N5O6S/c22-14-6-15(23)13(21(26)27)5-10(14)7-17-19-16-18-12(8-28-16)9-1-3-11(4-2-9)20(24)25/h1-8,22-23H,(H,18,19)/b17-7+. The van der Waals surface area contributed by atoms with Crippen LogP contribution in [0, 0.1) is 20.2 Å². The first-order valence-electron chi connectivity index (χ1n) is 7.55. The van der Waals surface area contributed by atoms with E-state index in [-0.39, 0.29) is 17.0 Å². The maximum Gasteiger partial charge on any atom is 0.311 e. The number of phenols is 2. The van der Waals surface area contributed by atoms with Crippen molar-refractivity contribution in [3.63, 3.8) is 0 Å². The molecule has 0 amide bonds. The summed E-state index contributed by atoms with van der Waals surface area (Å²) in [5.74, 6) is -1.03. The molecule has 0 radical (unpaired) electrons. The van der Waals surface area contributed by atoms with Crippen molar-refractivity contribution in [2.75, 3.05) is 5.43 Å². The van der Waals surface area contributed by atoms with Crippen molar-refractivity contribution in [1.82, 2.24) is 4.98 Å². The molecule has 142 valence electrons. The highest BCUT2D eigenvalue weighted by Crippen LogP contribution is 2.32. The average Bonchev–Trinajstić information content (AvgIpc) is 3.12. The Morgan fingerprint density at radius 1 is 1.07 bits per heavy atom. The van der Waals surface area contributed by atoms with Gasteiger partial charge in [0.1, 0.15) is 5.75 Å². The van der Waals surface area contributed by atoms with Crippen molar-refractivity contribution >= 4 is 34.1 Å². The zero-order chi connectivity index (χ0) is 20.3. The zero-order valence-corrected chi connectivity index (χ0v) is 14.7. The highest BCUT2D eigenvalue weighted by atomic mass is 32.1. The van der Waals surface area contributed by atoms with Crippen LogP contribution in [0.15, 0.2) is 46.9 Å². The van der Waals surface area contributed by atoms with Gasteiger partial charge in [-0.1, -0.05) is 0 Å². The minimum atomic E-state index is -0.781. The molecule has 0 fully saturated rings. The number of phenolic OH excluding ortho intramolecular Hbond substituents is 2. The highest BCUT2D eigenvalue weighted by molar-refractivity contribution is 7.14. The number of hydrogen-bond donors (Lipinski definition) is 3. The minimum absolute atomic E-state index is 0.0234. The third-order valence-electron chi connectivity index (χ3n) is 3.56. The fraction of sp³-hybridized carbons (Fsp3) is 0. The van der Waals surface area contributed by atoms with Gasteiger partial charge in [0.15, 0.2) is 5.75 Å². The van der Waals surface area contributed by atoms with Crippen LogP contribution < -0.4 is 5.43 Å². The minimum Gasteiger partial charge on any atom is -0.507 e. The van der Waals surface area contributed by atoms with Gasteiger partial charge < -0.3 is 10.2 Å². The molecule has 0 saturated heterocycles. The number of benzene rings is 2. The fourth-order valence-electron chi connectivity index (χ4n) is 2.20. The third kappa shape index (κ3) is 4.02. The van der Waals surface area contributed by atoms with Gasteiger partial charge in [-0.3, -0.25) is 25.7 Å². The second kappa shape index (κ2) is 7.67. The molecule has 0 saturated carbocycles. The van der Waals surface area contributed by atoms with Crippen LogP contribution in [-0.2, 0) is 0 Å². The number of hydrazone groups is 1. The van der Waals surface area contributed by atoms with Crippen LogP contribution in [0.3, 0.4) is 0 Å². The number of aromatic nitrogens is 1. The number of anilines is 1. The summed E-state index contributed by atoms with van der Waals surface area (Å²) in [5, 5.41) is 46.7. The molecule has 0 aliphatic carbocycles. The van der Waals surface area contributed by atoms with E-state index in [1.54, 1.807) is 17.5 Å². The molecule has 3 rings (SSSR count). The van der Waals surface area contributed by atoms with Crippen molar-refractivity contribution < 1.29 is 20.1 Å². The quantitative estimate of drug-likeness (QED) is 0.321. The molecule has 1 aromatic heterocycles. The molecule has 28 heavy (non-hydrogen) atoms. The van der Waals surface area contributed by atoms with E-state index in [2.05, 4.69) is 15.5 Å². The molecule has 3 aromatic rings. The Morgan fingerprint density at radius 3 is 2.43 bits per heavy atom. The number of nitro groups is 2. The molecule has 1 heterocycles. The van der Waals surface area contributed by atoms with Gasteiger partial charge in [0.2, 0.25) is 5.13 Å². The van der Waals surface area contributed by atoms with Crippen molar-refractivity contribution in [1.29, 1.82) is 0 Å². The van der Waals surface area contributed by atoms with Crippen LogP contribution in [0.25, 0.3) is 11.3 Å². The fourth-order valence-corrected chi connectivity index (χ4v) is 2.87. The molecule has 12 heteroatoms. The lowest BCUT2D eigenvalue weighted by Gasteiger charge is -2.01. The Morgan fingerprint density at radius 2 is 1.79 bits per heavy atom. The summed E-state index contributed by atoms with van der Waals surface area (Å²) in [4.78, 5) is 24.5. The lowest BCUT2D eigenvalue weighted by Crippen LogP contribution is -1.94. The van der Waals surface area contributed by atoms with Gasteiger partial charge in [-0.25, -0.2) is 4.98 Å². The van der Waals surface area contributed by atoms with E-state index in [1.807, 2.05) is 0 Å². The third-order valence-corrected chi connectivity index (χ3v) is 4.31. The molecule has 11 nitrogen and oxygen atoms in total. The number of non-ortho nitro benzene ring substituents is 1. The number of thiazole rings is 1. The van der Waals surface area contributed by atoms with Gasteiger partial charge in [0.05, 0.1) is 21.8 Å². The van der Waals surface area contributed by atoms with E-state index < -0.39 is 21.3 Å². The molecule has 0 atom stereocenters. The van der Waals surface area contributed by atoms with Crippen LogP contribution in [0.4, 0.5) is 16.5 Å². The summed E-state index contributed by atoms with van der Waals surface area (Å²) in [7, 11) is 0. The van der Waals surface area contributed by atoms with Gasteiger partial charge in [-0.2, -0.15) is 5.10 Å². The second-order valence-electron chi connectivity index (χ2n) is 5.37. The van der Waals surface area contributed by atoms with E-state index in [9.17, 15) is 30.4 Å². The van der Waals surface area contributed by atoms with Gasteiger partial charge in [0.25, 0.3) is 5.69 Å². The van der Waals surface area contributed by atoms with E-state index in [0.717, 1.165) is 18.3 Å². The molecule has 0 aliphatic rings. The summed E-state index contributed by atoms with van der Waals surface area (Å²) in [6.45, 7) is 0. The van der Waals surface area contributed by atoms with Crippen LogP contribution in [-0.4, -0.2) is 31.3 Å². The molecule has 3 N–H and O–H groups in total. The first-order chi connectivity index (χ1) is 13.3. The lowest BCUT2D eigenvalue weighted by molar-refractivity contribution is -0.385. The summed E-state index contributed by atoms with van der Waals surface area (Å²) in [5.41, 5.74) is 3.35. The summed E-state index contributed by atoms with van der Waals surface area (Å²) in [6.07, 6.45) is 1.15. The summed E-state index contributed by atoms with van der Waals surface area (Å²) >= 11 is 1.22. The van der Waals surface area contributed by atoms with E-state index in [0.29, 0.717) is 16.4 Å². The number of nitrogens with zero attached hydrogens (tertiary/aromatic N) is 4. The molecule has 0 aliphatic heterocycles. The number of nitrogens with one attached hydrogen (secondary N) is 1. The van der Waals surface area contributed by atoms with E-state index in [4.69, 9.17) is 0 Å². The highest BCUT2D eigenvalue weighted by Gasteiger charge is 2.16. The van der Waals surface area contributed by atoms with Crippen LogP contribution in [0.1, 0.15) is 5.56 Å². The molecule has 0 spiro atoms. The van der Waals surface area contributed by atoms with Crippen LogP contribution >= 0.6 is 11.3 Å². The molecule has 2 aromatic carbocycles. The first kappa shape index (κ1) is 18.7. The predicted octanol–water partition coefficient (Wildman–Crippen LogP) is 3.48. The van der Waals surface area contributed by atoms with Crippen molar-refractivity contribution in [3.8, 4) is 22.8 Å². The monoisotopic (exact) mass is 401 g/mol. The Hall–Kier alpha value is -4.06. The Bertz CT molecular complexity index is 1080. The molecular formula is C16H11N5O6S. The van der Waals surface area contributed by atoms with Gasteiger partial charge >= 0.3 is 5.69 Å². The zero-order valence-electron chi connectivity index (χ0n) is 13.8. The average molecular weight is 401 g/mol. The normalized spacial score (nSPS) is 10.9. The molecule has 0 unspecified atom stereocenters. The maximum absolute atomic E-state index is 10.8. The Balaban J connectivity index is 1.73. The van der Waals surface area contributed by atoms with Gasteiger partial charge in [0, 0.05) is 40.8 Å².